The Balaban J connectivity index is 1.58. The monoisotopic (exact) mass is 368 g/mol. The van der Waals surface area contributed by atoms with Gasteiger partial charge in [0.2, 0.25) is 5.16 Å². The molecule has 0 spiro atoms. The van der Waals surface area contributed by atoms with E-state index in [1.54, 1.807) is 22.7 Å². The van der Waals surface area contributed by atoms with E-state index >= 15 is 0 Å². The summed E-state index contributed by atoms with van der Waals surface area (Å²) < 4.78 is 7.38. The minimum Gasteiger partial charge on any atom is -0.493 e. The number of rotatable bonds is 5. The summed E-state index contributed by atoms with van der Waals surface area (Å²) in [5.41, 5.74) is 1.95. The minimum absolute atomic E-state index is 0.482. The third-order valence-corrected chi connectivity index (χ3v) is 4.61. The molecule has 0 amide bonds. The number of nitrogens with zero attached hydrogens (tertiary/aromatic N) is 4. The molecule has 5 nitrogen and oxygen atoms in total. The van der Waals surface area contributed by atoms with Crippen molar-refractivity contribution in [2.24, 2.45) is 0 Å². The first-order chi connectivity index (χ1) is 11.0. The number of thioether (sulfide) groups is 1. The molecule has 0 bridgehead atoms. The number of hydrogen-bond acceptors (Lipinski definition) is 5. The number of ether oxygens (including phenoxy) is 1. The minimum atomic E-state index is 0.482. The average Bonchev–Trinajstić information content (AvgIpc) is 2.90. The molecule has 0 unspecified atom stereocenters. The van der Waals surface area contributed by atoms with Crippen LogP contribution in [0.5, 0.6) is 5.75 Å². The van der Waals surface area contributed by atoms with Gasteiger partial charge in [-0.3, -0.25) is 0 Å². The lowest BCUT2D eigenvalue weighted by molar-refractivity contribution is 0.344. The third kappa shape index (κ3) is 3.88. The molecule has 0 saturated heterocycles. The molecule has 0 N–H and O–H groups in total. The van der Waals surface area contributed by atoms with Gasteiger partial charge in [0.25, 0.3) is 5.78 Å². The quantitative estimate of drug-likeness (QED) is 0.498. The lowest BCUT2D eigenvalue weighted by Gasteiger charge is -2.05. The topological polar surface area (TPSA) is 52.3 Å². The van der Waals surface area contributed by atoms with Gasteiger partial charge >= 0.3 is 0 Å². The first-order valence-electron chi connectivity index (χ1n) is 6.94. The van der Waals surface area contributed by atoms with Crippen molar-refractivity contribution in [1.82, 2.24) is 19.6 Å². The highest BCUT2D eigenvalue weighted by Crippen LogP contribution is 2.26. The largest absolute Gasteiger partial charge is 0.493 e. The summed E-state index contributed by atoms with van der Waals surface area (Å²) in [4.78, 5) is 8.78. The molecule has 2 heterocycles. The molecule has 0 radical (unpaired) electrons. The van der Waals surface area contributed by atoms with Gasteiger partial charge in [0.1, 0.15) is 5.75 Å². The Morgan fingerprint density at radius 2 is 1.96 bits per heavy atom. The van der Waals surface area contributed by atoms with E-state index in [1.165, 1.54) is 11.8 Å². The highest BCUT2D eigenvalue weighted by molar-refractivity contribution is 7.99. The van der Waals surface area contributed by atoms with Gasteiger partial charge in [-0.25, -0.2) is 9.50 Å². The lowest BCUT2D eigenvalue weighted by atomic mass is 10.3. The van der Waals surface area contributed by atoms with Gasteiger partial charge in [-0.15, -0.1) is 5.10 Å². The molecule has 2 aromatic heterocycles. The van der Waals surface area contributed by atoms with E-state index in [0.29, 0.717) is 33.3 Å². The predicted molar refractivity (Wildman–Crippen MR) is 92.9 cm³/mol. The molecule has 0 aliphatic rings. The first-order valence-corrected chi connectivity index (χ1v) is 8.69. The molecule has 3 rings (SSSR count). The van der Waals surface area contributed by atoms with Gasteiger partial charge in [-0.05, 0) is 32.0 Å². The zero-order valence-electron chi connectivity index (χ0n) is 12.6. The molecule has 0 saturated carbocycles. The van der Waals surface area contributed by atoms with Crippen LogP contribution in [0.2, 0.25) is 10.0 Å². The number of aromatic nitrogens is 4. The highest BCUT2D eigenvalue weighted by Gasteiger charge is 2.08. The molecule has 0 fully saturated rings. The fourth-order valence-corrected chi connectivity index (χ4v) is 2.99. The molecule has 8 heteroatoms. The van der Waals surface area contributed by atoms with E-state index in [4.69, 9.17) is 27.9 Å². The number of halogens is 2. The molecule has 3 aromatic rings. The first kappa shape index (κ1) is 16.4. The molecule has 0 atom stereocenters. The van der Waals surface area contributed by atoms with Crippen LogP contribution in [0.3, 0.4) is 0 Å². The maximum Gasteiger partial charge on any atom is 0.253 e. The van der Waals surface area contributed by atoms with Crippen LogP contribution in [0.15, 0.2) is 29.4 Å². The molecule has 120 valence electrons. The number of benzene rings is 1. The molecule has 0 aliphatic carbocycles. The second kappa shape index (κ2) is 6.95. The van der Waals surface area contributed by atoms with Crippen molar-refractivity contribution in [3.8, 4) is 5.75 Å². The third-order valence-electron chi connectivity index (χ3n) is 3.07. The Kier molecular flexibility index (Phi) is 4.94. The Bertz CT molecular complexity index is 853. The smallest absolute Gasteiger partial charge is 0.253 e. The summed E-state index contributed by atoms with van der Waals surface area (Å²) in [5, 5.41) is 6.12. The van der Waals surface area contributed by atoms with E-state index in [1.807, 2.05) is 19.9 Å². The van der Waals surface area contributed by atoms with E-state index < -0.39 is 0 Å². The van der Waals surface area contributed by atoms with Crippen molar-refractivity contribution in [1.29, 1.82) is 0 Å². The fourth-order valence-electron chi connectivity index (χ4n) is 2.07. The van der Waals surface area contributed by atoms with Crippen LogP contribution in [0.4, 0.5) is 0 Å². The Labute approximate surface area is 148 Å². The Morgan fingerprint density at radius 1 is 1.13 bits per heavy atom. The predicted octanol–water partition coefficient (Wildman–Crippen LogP) is 4.22. The van der Waals surface area contributed by atoms with Crippen LogP contribution in [0.1, 0.15) is 11.4 Å². The van der Waals surface area contributed by atoms with Gasteiger partial charge < -0.3 is 4.74 Å². The van der Waals surface area contributed by atoms with E-state index in [0.717, 1.165) is 17.1 Å². The molecule has 23 heavy (non-hydrogen) atoms. The standard InChI is InChI=1S/C15H14Cl2N4OS/c1-9-7-10(2)21-14(18-9)19-15(20-21)23-6-5-22-11-3-4-12(16)13(17)8-11/h3-4,7-8H,5-6H2,1-2H3. The summed E-state index contributed by atoms with van der Waals surface area (Å²) >= 11 is 13.3. The molecular weight excluding hydrogens is 355 g/mol. The van der Waals surface area contributed by atoms with Crippen LogP contribution in [-0.2, 0) is 0 Å². The maximum atomic E-state index is 5.95. The van der Waals surface area contributed by atoms with Gasteiger partial charge in [-0.2, -0.15) is 4.98 Å². The molecule has 1 aromatic carbocycles. The van der Waals surface area contributed by atoms with Crippen LogP contribution in [-0.4, -0.2) is 31.9 Å². The van der Waals surface area contributed by atoms with E-state index in [2.05, 4.69) is 15.1 Å². The Morgan fingerprint density at radius 3 is 2.74 bits per heavy atom. The highest BCUT2D eigenvalue weighted by atomic mass is 35.5. The van der Waals surface area contributed by atoms with Gasteiger partial charge in [0.05, 0.1) is 16.7 Å². The zero-order valence-corrected chi connectivity index (χ0v) is 14.9. The van der Waals surface area contributed by atoms with Crippen molar-refractivity contribution in [2.75, 3.05) is 12.4 Å². The maximum absolute atomic E-state index is 5.95. The Hall–Kier alpha value is -1.50. The van der Waals surface area contributed by atoms with Crippen LogP contribution >= 0.6 is 35.0 Å². The van der Waals surface area contributed by atoms with E-state index in [-0.39, 0.29) is 0 Å². The fraction of sp³-hybridized carbons (Fsp3) is 0.267. The average molecular weight is 369 g/mol. The van der Waals surface area contributed by atoms with Gasteiger partial charge in [0.15, 0.2) is 0 Å². The number of fused-ring (bicyclic) bond motifs is 1. The molecule has 0 aliphatic heterocycles. The summed E-state index contributed by atoms with van der Waals surface area (Å²) in [7, 11) is 0. The van der Waals surface area contributed by atoms with Gasteiger partial charge in [-0.1, -0.05) is 35.0 Å². The van der Waals surface area contributed by atoms with E-state index in [9.17, 15) is 0 Å². The number of hydrogen-bond donors (Lipinski definition) is 0. The van der Waals surface area contributed by atoms with Crippen molar-refractivity contribution in [3.63, 3.8) is 0 Å². The summed E-state index contributed by atoms with van der Waals surface area (Å²) in [6, 6.07) is 7.18. The van der Waals surface area contributed by atoms with Crippen molar-refractivity contribution in [3.05, 3.63) is 45.7 Å². The van der Waals surface area contributed by atoms with Gasteiger partial charge in [0, 0.05) is 23.2 Å². The summed E-state index contributed by atoms with van der Waals surface area (Å²) in [6.07, 6.45) is 0. The summed E-state index contributed by atoms with van der Waals surface area (Å²) in [5.74, 6) is 2.03. The van der Waals surface area contributed by atoms with Crippen LogP contribution < -0.4 is 4.74 Å². The van der Waals surface area contributed by atoms with Crippen LogP contribution in [0, 0.1) is 13.8 Å². The van der Waals surface area contributed by atoms with Crippen molar-refractivity contribution >= 4 is 40.7 Å². The molecular formula is C15H14Cl2N4OS. The van der Waals surface area contributed by atoms with Crippen molar-refractivity contribution < 1.29 is 4.74 Å². The zero-order chi connectivity index (χ0) is 16.4. The van der Waals surface area contributed by atoms with Crippen LogP contribution in [0.25, 0.3) is 5.78 Å². The lowest BCUT2D eigenvalue weighted by Crippen LogP contribution is -2.00. The number of aryl methyl sites for hydroxylation is 2. The second-order valence-electron chi connectivity index (χ2n) is 4.92. The second-order valence-corrected chi connectivity index (χ2v) is 6.79. The SMILES string of the molecule is Cc1cc(C)n2nc(SCCOc3ccc(Cl)c(Cl)c3)nc2n1. The summed E-state index contributed by atoms with van der Waals surface area (Å²) in [6.45, 7) is 4.45. The van der Waals surface area contributed by atoms with Crippen molar-refractivity contribution in [2.45, 2.75) is 19.0 Å². The normalized spacial score (nSPS) is 11.1.